The number of carbonyl (C=O) groups excluding carboxylic acids is 2. The number of unbranched alkanes of at least 4 members (excludes halogenated alkanes) is 28. The number of allylic oxidation sites excluding steroid dienone is 11. The van der Waals surface area contributed by atoms with Crippen molar-refractivity contribution in [2.24, 2.45) is 0 Å². The Hall–Kier alpha value is -2.70. The molecule has 3 atom stereocenters. The van der Waals surface area contributed by atoms with Crippen LogP contribution in [0, 0.1) is 0 Å². The molecule has 3 unspecified atom stereocenters. The normalized spacial score (nSPS) is 13.7. The summed E-state index contributed by atoms with van der Waals surface area (Å²) in [6, 6.07) is -0.737. The summed E-state index contributed by atoms with van der Waals surface area (Å²) in [6.07, 6.45) is 69.9. The molecule has 0 aliphatic carbocycles. The molecule has 0 saturated heterocycles. The minimum atomic E-state index is -0.816. The SMILES string of the molecule is CC/C=C\C/C=C\C/C=C\C/C=C\C/C=C\CC(CC(=O)NC(CO)C(O)CCCCCCCCCCCCCCCCCCC)OC(=O)CCCCCCC/C=C/CCCCCCCCC. The third kappa shape index (κ3) is 49.5. The van der Waals surface area contributed by atoms with Gasteiger partial charge in [-0.1, -0.05) is 261 Å². The molecule has 0 spiro atoms. The van der Waals surface area contributed by atoms with E-state index in [1.54, 1.807) is 0 Å². The zero-order valence-electron chi connectivity index (χ0n) is 44.3. The van der Waals surface area contributed by atoms with Crippen LogP contribution in [0.4, 0.5) is 0 Å². The molecular formula is C61H109NO5. The predicted octanol–water partition coefficient (Wildman–Crippen LogP) is 17.7. The molecule has 6 nitrogen and oxygen atoms in total. The van der Waals surface area contributed by atoms with Crippen molar-refractivity contribution in [2.45, 2.75) is 296 Å². The number of hydrogen-bond donors (Lipinski definition) is 3. The fourth-order valence-electron chi connectivity index (χ4n) is 8.45. The number of ether oxygens (including phenoxy) is 1. The Labute approximate surface area is 415 Å². The van der Waals surface area contributed by atoms with Crippen molar-refractivity contribution in [3.8, 4) is 0 Å². The second kappa shape index (κ2) is 54.2. The second-order valence-electron chi connectivity index (χ2n) is 19.3. The summed E-state index contributed by atoms with van der Waals surface area (Å²) in [5.74, 6) is -0.585. The highest BCUT2D eigenvalue weighted by atomic mass is 16.5. The van der Waals surface area contributed by atoms with Crippen molar-refractivity contribution in [3.05, 3.63) is 72.9 Å². The Balaban J connectivity index is 4.65. The smallest absolute Gasteiger partial charge is 0.306 e. The first-order valence-corrected chi connectivity index (χ1v) is 28.7. The highest BCUT2D eigenvalue weighted by Gasteiger charge is 2.23. The molecule has 3 N–H and O–H groups in total. The van der Waals surface area contributed by atoms with Crippen LogP contribution in [0.5, 0.6) is 0 Å². The lowest BCUT2D eigenvalue weighted by molar-refractivity contribution is -0.150. The molecule has 0 radical (unpaired) electrons. The van der Waals surface area contributed by atoms with Gasteiger partial charge in [0.2, 0.25) is 5.91 Å². The van der Waals surface area contributed by atoms with Crippen LogP contribution in [-0.2, 0) is 14.3 Å². The number of nitrogens with one attached hydrogen (secondary N) is 1. The topological polar surface area (TPSA) is 95.9 Å². The van der Waals surface area contributed by atoms with Crippen LogP contribution in [-0.4, -0.2) is 46.9 Å². The summed E-state index contributed by atoms with van der Waals surface area (Å²) in [5.41, 5.74) is 0. The Bertz CT molecular complexity index is 1230. The van der Waals surface area contributed by atoms with E-state index in [4.69, 9.17) is 4.74 Å². The van der Waals surface area contributed by atoms with Gasteiger partial charge >= 0.3 is 5.97 Å². The monoisotopic (exact) mass is 936 g/mol. The van der Waals surface area contributed by atoms with Crippen molar-refractivity contribution < 1.29 is 24.5 Å². The van der Waals surface area contributed by atoms with E-state index < -0.39 is 18.2 Å². The Morgan fingerprint density at radius 2 is 0.836 bits per heavy atom. The Morgan fingerprint density at radius 1 is 0.463 bits per heavy atom. The lowest BCUT2D eigenvalue weighted by Crippen LogP contribution is -2.46. The minimum Gasteiger partial charge on any atom is -0.461 e. The summed E-state index contributed by atoms with van der Waals surface area (Å²) >= 11 is 0. The van der Waals surface area contributed by atoms with Crippen LogP contribution in [0.3, 0.4) is 0 Å². The van der Waals surface area contributed by atoms with Crippen LogP contribution in [0.15, 0.2) is 72.9 Å². The lowest BCUT2D eigenvalue weighted by atomic mass is 10.0. The Kier molecular flexibility index (Phi) is 52.1. The van der Waals surface area contributed by atoms with Crippen molar-refractivity contribution >= 4 is 11.9 Å². The van der Waals surface area contributed by atoms with E-state index in [2.05, 4.69) is 92.9 Å². The number of aliphatic hydroxyl groups excluding tert-OH is 2. The molecule has 67 heavy (non-hydrogen) atoms. The molecule has 0 aromatic carbocycles. The molecule has 0 aromatic heterocycles. The summed E-state index contributed by atoms with van der Waals surface area (Å²) in [6.45, 7) is 6.36. The molecule has 1 amide bonds. The lowest BCUT2D eigenvalue weighted by Gasteiger charge is -2.24. The maximum absolute atomic E-state index is 13.2. The summed E-state index contributed by atoms with van der Waals surface area (Å²) < 4.78 is 5.89. The van der Waals surface area contributed by atoms with E-state index in [0.29, 0.717) is 19.3 Å². The highest BCUT2D eigenvalue weighted by Crippen LogP contribution is 2.17. The van der Waals surface area contributed by atoms with Gasteiger partial charge in [0.15, 0.2) is 0 Å². The molecule has 0 fully saturated rings. The molecule has 0 bridgehead atoms. The second-order valence-corrected chi connectivity index (χ2v) is 19.3. The molecule has 0 aliphatic heterocycles. The number of carbonyl (C=O) groups is 2. The maximum atomic E-state index is 13.2. The Morgan fingerprint density at radius 3 is 1.25 bits per heavy atom. The van der Waals surface area contributed by atoms with Crippen LogP contribution < -0.4 is 5.32 Å². The minimum absolute atomic E-state index is 0.00509. The third-order valence-electron chi connectivity index (χ3n) is 12.8. The van der Waals surface area contributed by atoms with Crippen LogP contribution in [0.1, 0.15) is 278 Å². The highest BCUT2D eigenvalue weighted by molar-refractivity contribution is 5.77. The van der Waals surface area contributed by atoms with Gasteiger partial charge in [-0.15, -0.1) is 0 Å². The molecule has 0 aliphatic rings. The van der Waals surface area contributed by atoms with Crippen LogP contribution >= 0.6 is 0 Å². The van der Waals surface area contributed by atoms with Gasteiger partial charge in [0.1, 0.15) is 6.10 Å². The van der Waals surface area contributed by atoms with Gasteiger partial charge in [0, 0.05) is 12.8 Å². The van der Waals surface area contributed by atoms with Gasteiger partial charge in [-0.25, -0.2) is 0 Å². The summed E-state index contributed by atoms with van der Waals surface area (Å²) in [7, 11) is 0. The van der Waals surface area contributed by atoms with Crippen molar-refractivity contribution in [1.29, 1.82) is 0 Å². The first kappa shape index (κ1) is 64.3. The number of esters is 1. The fourth-order valence-corrected chi connectivity index (χ4v) is 8.45. The zero-order valence-corrected chi connectivity index (χ0v) is 44.3. The van der Waals surface area contributed by atoms with Crippen molar-refractivity contribution in [3.63, 3.8) is 0 Å². The van der Waals surface area contributed by atoms with Crippen LogP contribution in [0.25, 0.3) is 0 Å². The average molecular weight is 937 g/mol. The van der Waals surface area contributed by atoms with Gasteiger partial charge in [-0.3, -0.25) is 9.59 Å². The largest absolute Gasteiger partial charge is 0.461 e. The van der Waals surface area contributed by atoms with E-state index in [1.165, 1.54) is 154 Å². The van der Waals surface area contributed by atoms with E-state index in [1.807, 2.05) is 6.08 Å². The zero-order chi connectivity index (χ0) is 48.8. The summed E-state index contributed by atoms with van der Waals surface area (Å²) in [5, 5.41) is 23.8. The third-order valence-corrected chi connectivity index (χ3v) is 12.8. The summed E-state index contributed by atoms with van der Waals surface area (Å²) in [4.78, 5) is 26.2. The van der Waals surface area contributed by atoms with E-state index in [9.17, 15) is 19.8 Å². The molecule has 0 heterocycles. The standard InChI is InChI=1S/C61H109NO5/c1-4-7-10-13-16-19-22-25-28-30-32-35-38-41-44-47-50-53-59(64)58(56-63)62-60(65)55-57(52-49-46-43-40-37-34-31-27-24-21-18-15-12-9-6-3)67-61(66)54-51-48-45-42-39-36-33-29-26-23-20-17-14-11-8-5-2/h9,12,18,21,27,29,31,33,37,40,46,49,57-59,63-64H,4-8,10-11,13-17,19-20,22-26,28,30,32,34-36,38-39,41-45,47-48,50-56H2,1-3H3,(H,62,65)/b12-9-,21-18-,31-27-,33-29+,40-37-,49-46-. The van der Waals surface area contributed by atoms with Gasteiger partial charge < -0.3 is 20.3 Å². The number of aliphatic hydroxyl groups is 2. The molecule has 6 heteroatoms. The van der Waals surface area contributed by atoms with E-state index in [0.717, 1.165) is 77.0 Å². The van der Waals surface area contributed by atoms with E-state index >= 15 is 0 Å². The first-order chi connectivity index (χ1) is 33.0. The molecule has 0 saturated carbocycles. The average Bonchev–Trinajstić information content (AvgIpc) is 3.32. The van der Waals surface area contributed by atoms with Gasteiger partial charge in [-0.2, -0.15) is 0 Å². The molecular weight excluding hydrogens is 827 g/mol. The number of rotatable bonds is 51. The maximum Gasteiger partial charge on any atom is 0.306 e. The quantitative estimate of drug-likeness (QED) is 0.0321. The molecule has 0 rings (SSSR count). The first-order valence-electron chi connectivity index (χ1n) is 28.7. The van der Waals surface area contributed by atoms with Crippen molar-refractivity contribution in [1.82, 2.24) is 5.32 Å². The van der Waals surface area contributed by atoms with Gasteiger partial charge in [0.25, 0.3) is 0 Å². The van der Waals surface area contributed by atoms with Gasteiger partial charge in [-0.05, 0) is 70.6 Å². The molecule has 388 valence electrons. The number of amides is 1. The predicted molar refractivity (Wildman–Crippen MR) is 291 cm³/mol. The van der Waals surface area contributed by atoms with Crippen LogP contribution in [0.2, 0.25) is 0 Å². The molecule has 0 aromatic rings. The fraction of sp³-hybridized carbons (Fsp3) is 0.770. The van der Waals surface area contributed by atoms with Gasteiger partial charge in [0.05, 0.1) is 25.2 Å². The number of hydrogen-bond acceptors (Lipinski definition) is 5. The van der Waals surface area contributed by atoms with E-state index in [-0.39, 0.29) is 24.9 Å². The van der Waals surface area contributed by atoms with Crippen molar-refractivity contribution in [2.75, 3.05) is 6.61 Å².